The van der Waals surface area contributed by atoms with Crippen molar-refractivity contribution in [3.05, 3.63) is 70.5 Å². The number of nitrogens with two attached hydrogens (primary N) is 1. The Kier molecular flexibility index (Phi) is 7.12. The number of carbonyl (C=O) groups excluding carboxylic acids is 2. The predicted molar refractivity (Wildman–Crippen MR) is 130 cm³/mol. The van der Waals surface area contributed by atoms with Crippen LogP contribution in [-0.4, -0.2) is 40.9 Å². The van der Waals surface area contributed by atoms with Gasteiger partial charge in [-0.1, -0.05) is 18.2 Å². The zero-order valence-electron chi connectivity index (χ0n) is 21.3. The Bertz CT molecular complexity index is 1270. The molecule has 2 amide bonds. The van der Waals surface area contributed by atoms with Gasteiger partial charge in [-0.05, 0) is 68.4 Å². The fraction of sp³-hybridized carbons (Fsp3) is 0.500. The SMILES string of the molecule is NC1CC2CCC(C1)N2C(=O)[C@H](Cc1ccc(C(F)(F)F)cc1)NC(=O)C1(c2ccc(C(F)(F)F)cc2F)CC1. The average molecular weight is 572 g/mol. The van der Waals surface area contributed by atoms with Crippen molar-refractivity contribution in [2.45, 2.75) is 86.9 Å². The van der Waals surface area contributed by atoms with Crippen LogP contribution in [0.25, 0.3) is 0 Å². The lowest BCUT2D eigenvalue weighted by molar-refractivity contribution is -0.141. The van der Waals surface area contributed by atoms with Crippen molar-refractivity contribution in [3.8, 4) is 0 Å². The monoisotopic (exact) mass is 571 g/mol. The van der Waals surface area contributed by atoms with Crippen LogP contribution in [0.1, 0.15) is 60.8 Å². The fourth-order valence-electron chi connectivity index (χ4n) is 6.14. The first-order valence-electron chi connectivity index (χ1n) is 13.1. The van der Waals surface area contributed by atoms with Crippen molar-refractivity contribution in [2.75, 3.05) is 0 Å². The van der Waals surface area contributed by atoms with Crippen LogP contribution in [0.15, 0.2) is 42.5 Å². The van der Waals surface area contributed by atoms with Crippen LogP contribution in [0, 0.1) is 5.82 Å². The minimum Gasteiger partial charge on any atom is -0.343 e. The second kappa shape index (κ2) is 10.0. The third-order valence-corrected chi connectivity index (χ3v) is 8.35. The van der Waals surface area contributed by atoms with E-state index in [9.17, 15) is 40.3 Å². The second-order valence-electron chi connectivity index (χ2n) is 11.1. The zero-order valence-corrected chi connectivity index (χ0v) is 21.3. The molecule has 2 bridgehead atoms. The van der Waals surface area contributed by atoms with Crippen molar-refractivity contribution in [1.82, 2.24) is 10.2 Å². The number of nitrogens with zero attached hydrogens (tertiary/aromatic N) is 1. The van der Waals surface area contributed by atoms with E-state index in [1.807, 2.05) is 0 Å². The van der Waals surface area contributed by atoms with Crippen LogP contribution >= 0.6 is 0 Å². The first-order chi connectivity index (χ1) is 18.7. The molecule has 2 unspecified atom stereocenters. The summed E-state index contributed by atoms with van der Waals surface area (Å²) >= 11 is 0. The van der Waals surface area contributed by atoms with Gasteiger partial charge in [0.05, 0.1) is 16.5 Å². The molecule has 3 fully saturated rings. The number of hydrogen-bond donors (Lipinski definition) is 2. The van der Waals surface area contributed by atoms with Crippen molar-refractivity contribution in [3.63, 3.8) is 0 Å². The van der Waals surface area contributed by atoms with Crippen molar-refractivity contribution >= 4 is 11.8 Å². The van der Waals surface area contributed by atoms with E-state index in [4.69, 9.17) is 5.73 Å². The minimum atomic E-state index is -4.76. The van der Waals surface area contributed by atoms with Crippen molar-refractivity contribution in [1.29, 1.82) is 0 Å². The summed E-state index contributed by atoms with van der Waals surface area (Å²) in [7, 11) is 0. The zero-order chi connectivity index (χ0) is 29.0. The van der Waals surface area contributed by atoms with Gasteiger partial charge in [0.1, 0.15) is 11.9 Å². The van der Waals surface area contributed by atoms with E-state index in [1.165, 1.54) is 12.1 Å². The number of nitrogens with one attached hydrogen (secondary N) is 1. The van der Waals surface area contributed by atoms with Crippen molar-refractivity contribution in [2.24, 2.45) is 5.73 Å². The Hall–Kier alpha value is -3.15. The van der Waals surface area contributed by atoms with Crippen LogP contribution in [-0.2, 0) is 33.8 Å². The van der Waals surface area contributed by atoms with Gasteiger partial charge in [0.25, 0.3) is 0 Å². The number of fused-ring (bicyclic) bond motifs is 2. The first-order valence-corrected chi connectivity index (χ1v) is 13.1. The van der Waals surface area contributed by atoms with E-state index in [0.717, 1.165) is 31.0 Å². The molecule has 40 heavy (non-hydrogen) atoms. The van der Waals surface area contributed by atoms with Gasteiger partial charge in [0, 0.05) is 30.1 Å². The number of hydrogen-bond acceptors (Lipinski definition) is 3. The van der Waals surface area contributed by atoms with Gasteiger partial charge in [-0.2, -0.15) is 26.3 Å². The summed E-state index contributed by atoms with van der Waals surface area (Å²) in [6.45, 7) is 0. The first kappa shape index (κ1) is 28.4. The number of piperidine rings is 1. The molecule has 12 heteroatoms. The molecule has 3 N–H and O–H groups in total. The summed E-state index contributed by atoms with van der Waals surface area (Å²) in [6.07, 6.45) is -6.41. The summed E-state index contributed by atoms with van der Waals surface area (Å²) in [4.78, 5) is 29.1. The number of halogens is 7. The van der Waals surface area contributed by atoms with Crippen LogP contribution < -0.4 is 11.1 Å². The number of amides is 2. The topological polar surface area (TPSA) is 75.4 Å². The summed E-state index contributed by atoms with van der Waals surface area (Å²) in [5.74, 6) is -2.29. The highest BCUT2D eigenvalue weighted by Gasteiger charge is 2.54. The van der Waals surface area contributed by atoms with Gasteiger partial charge < -0.3 is 16.0 Å². The third kappa shape index (κ3) is 5.42. The molecule has 5 nitrogen and oxygen atoms in total. The molecule has 2 saturated heterocycles. The molecule has 1 aliphatic carbocycles. The van der Waals surface area contributed by atoms with Gasteiger partial charge >= 0.3 is 12.4 Å². The molecule has 1 saturated carbocycles. The molecule has 216 valence electrons. The molecule has 2 aromatic carbocycles. The second-order valence-corrected chi connectivity index (χ2v) is 11.1. The largest absolute Gasteiger partial charge is 0.416 e. The smallest absolute Gasteiger partial charge is 0.343 e. The quantitative estimate of drug-likeness (QED) is 0.474. The van der Waals surface area contributed by atoms with E-state index < -0.39 is 52.6 Å². The van der Waals surface area contributed by atoms with E-state index in [0.29, 0.717) is 30.5 Å². The highest BCUT2D eigenvalue weighted by Crippen LogP contribution is 2.50. The van der Waals surface area contributed by atoms with Crippen LogP contribution in [0.5, 0.6) is 0 Å². The molecule has 0 radical (unpaired) electrons. The minimum absolute atomic E-state index is 0.0677. The lowest BCUT2D eigenvalue weighted by atomic mass is 9.91. The fourth-order valence-corrected chi connectivity index (χ4v) is 6.14. The Morgan fingerprint density at radius 3 is 1.98 bits per heavy atom. The van der Waals surface area contributed by atoms with Gasteiger partial charge in [-0.25, -0.2) is 4.39 Å². The average Bonchev–Trinajstić information content (AvgIpc) is 3.62. The molecule has 2 heterocycles. The van der Waals surface area contributed by atoms with Gasteiger partial charge in [-0.15, -0.1) is 0 Å². The number of rotatable bonds is 6. The Balaban J connectivity index is 1.41. The number of carbonyl (C=O) groups is 2. The normalized spacial score (nSPS) is 24.5. The Morgan fingerprint density at radius 2 is 1.48 bits per heavy atom. The van der Waals surface area contributed by atoms with Crippen LogP contribution in [0.4, 0.5) is 30.7 Å². The maximum absolute atomic E-state index is 14.8. The molecule has 2 aliphatic heterocycles. The molecule has 3 aliphatic rings. The number of alkyl halides is 6. The Labute approximate surface area is 225 Å². The van der Waals surface area contributed by atoms with E-state index >= 15 is 0 Å². The lowest BCUT2D eigenvalue weighted by Crippen LogP contribution is -2.58. The van der Waals surface area contributed by atoms with E-state index in [-0.39, 0.29) is 43.0 Å². The van der Waals surface area contributed by atoms with Gasteiger partial charge in [0.15, 0.2) is 0 Å². The standard InChI is InChI=1S/C28H28F7N3O2/c29-22-12-17(28(33,34)35)5-8-21(22)26(9-10-26)25(40)37-23(11-15-1-3-16(4-2-15)27(30,31)32)24(39)38-19-6-7-20(38)14-18(36)13-19/h1-5,8,12,18-20,23H,6-7,9-11,13-14,36H2,(H,37,40)/t18?,19?,20?,23-/m0/s1. The molecule has 3 atom stereocenters. The Morgan fingerprint density at radius 1 is 0.925 bits per heavy atom. The summed E-state index contributed by atoms with van der Waals surface area (Å²) in [5.41, 5.74) is 2.83. The molecule has 0 aromatic heterocycles. The van der Waals surface area contributed by atoms with Crippen molar-refractivity contribution < 1.29 is 40.3 Å². The summed E-state index contributed by atoms with van der Waals surface area (Å²) in [6, 6.07) is 4.77. The maximum Gasteiger partial charge on any atom is 0.416 e. The lowest BCUT2D eigenvalue weighted by Gasteiger charge is -2.40. The molecular weight excluding hydrogens is 543 g/mol. The number of benzene rings is 2. The van der Waals surface area contributed by atoms with E-state index in [2.05, 4.69) is 5.32 Å². The van der Waals surface area contributed by atoms with Gasteiger partial charge in [-0.3, -0.25) is 9.59 Å². The molecule has 2 aromatic rings. The van der Waals surface area contributed by atoms with E-state index in [1.54, 1.807) is 4.90 Å². The summed E-state index contributed by atoms with van der Waals surface area (Å²) in [5, 5.41) is 2.69. The summed E-state index contributed by atoms with van der Waals surface area (Å²) < 4.78 is 93.1. The third-order valence-electron chi connectivity index (χ3n) is 8.35. The highest BCUT2D eigenvalue weighted by atomic mass is 19.4. The van der Waals surface area contributed by atoms with Crippen LogP contribution in [0.3, 0.4) is 0 Å². The molecule has 0 spiro atoms. The maximum atomic E-state index is 14.8. The van der Waals surface area contributed by atoms with Crippen LogP contribution in [0.2, 0.25) is 0 Å². The predicted octanol–water partition coefficient (Wildman–Crippen LogP) is 5.10. The highest BCUT2D eigenvalue weighted by molar-refractivity contribution is 5.95. The van der Waals surface area contributed by atoms with Gasteiger partial charge in [0.2, 0.25) is 11.8 Å². The molecular formula is C28H28F7N3O2. The molecule has 5 rings (SSSR count).